The predicted molar refractivity (Wildman–Crippen MR) is 127 cm³/mol. The molecular formula is C23H35IO3. The molecule has 1 aromatic carbocycles. The van der Waals surface area contributed by atoms with E-state index in [4.69, 9.17) is 4.74 Å². The van der Waals surface area contributed by atoms with Crippen molar-refractivity contribution in [3.05, 3.63) is 66.0 Å². The molecule has 152 valence electrons. The van der Waals surface area contributed by atoms with Crippen LogP contribution in [0.15, 0.2) is 60.4 Å². The second-order valence-electron chi connectivity index (χ2n) is 5.72. The molecule has 0 aliphatic rings. The van der Waals surface area contributed by atoms with Gasteiger partial charge in [0.2, 0.25) is 0 Å². The van der Waals surface area contributed by atoms with Crippen molar-refractivity contribution in [3.63, 3.8) is 0 Å². The standard InChI is InChI=1S/C16H18O2.C3H6O.C3H8.CH3I/c1-5-6-16(11-13(3)14(4)17)18-15-9-7-12(2)8-10-15;1-3(2)4;1-3-2;1-2/h5-11H,1H2,2-4H3;1-2H3;3H2,1-2H3;1H3/b13-11+,16-6+;;;. The van der Waals surface area contributed by atoms with Crippen molar-refractivity contribution in [2.24, 2.45) is 0 Å². The highest BCUT2D eigenvalue weighted by Gasteiger charge is 2.01. The van der Waals surface area contributed by atoms with Gasteiger partial charge in [-0.25, -0.2) is 0 Å². The van der Waals surface area contributed by atoms with Gasteiger partial charge in [0.05, 0.1) is 0 Å². The summed E-state index contributed by atoms with van der Waals surface area (Å²) in [6, 6.07) is 7.73. The first-order valence-corrected chi connectivity index (χ1v) is 10.9. The van der Waals surface area contributed by atoms with Crippen LogP contribution >= 0.6 is 22.6 Å². The van der Waals surface area contributed by atoms with Crippen molar-refractivity contribution >= 4 is 34.2 Å². The summed E-state index contributed by atoms with van der Waals surface area (Å²) in [5, 5.41) is 0. The number of carbonyl (C=O) groups excluding carboxylic acids is 2. The van der Waals surface area contributed by atoms with E-state index in [2.05, 4.69) is 43.0 Å². The van der Waals surface area contributed by atoms with E-state index in [1.165, 1.54) is 32.8 Å². The minimum Gasteiger partial charge on any atom is -0.457 e. The summed E-state index contributed by atoms with van der Waals surface area (Å²) in [4.78, 5) is 22.6. The molecular weight excluding hydrogens is 451 g/mol. The Morgan fingerprint density at radius 2 is 1.44 bits per heavy atom. The van der Waals surface area contributed by atoms with Gasteiger partial charge in [-0.15, -0.1) is 0 Å². The van der Waals surface area contributed by atoms with Crippen molar-refractivity contribution in [1.29, 1.82) is 0 Å². The summed E-state index contributed by atoms with van der Waals surface area (Å²) in [7, 11) is 0. The topological polar surface area (TPSA) is 43.4 Å². The zero-order valence-corrected chi connectivity index (χ0v) is 20.2. The average molecular weight is 486 g/mol. The number of halogens is 1. The lowest BCUT2D eigenvalue weighted by Gasteiger charge is -2.07. The first-order valence-electron chi connectivity index (χ1n) is 8.79. The Morgan fingerprint density at radius 1 is 1.04 bits per heavy atom. The van der Waals surface area contributed by atoms with E-state index in [0.717, 1.165) is 5.75 Å². The van der Waals surface area contributed by atoms with Crippen LogP contribution in [-0.4, -0.2) is 16.5 Å². The van der Waals surface area contributed by atoms with Crippen molar-refractivity contribution in [2.45, 2.75) is 54.9 Å². The molecule has 1 rings (SSSR count). The van der Waals surface area contributed by atoms with Crippen molar-refractivity contribution < 1.29 is 14.3 Å². The molecule has 0 fully saturated rings. The first kappa shape index (κ1) is 30.1. The second-order valence-corrected chi connectivity index (χ2v) is 5.72. The quantitative estimate of drug-likeness (QED) is 0.147. The Hall–Kier alpha value is -1.69. The van der Waals surface area contributed by atoms with Crippen molar-refractivity contribution in [2.75, 3.05) is 4.93 Å². The van der Waals surface area contributed by atoms with E-state index in [1.807, 2.05) is 36.1 Å². The summed E-state index contributed by atoms with van der Waals surface area (Å²) in [6.07, 6.45) is 6.32. The van der Waals surface area contributed by atoms with E-state index in [1.54, 1.807) is 25.2 Å². The Kier molecular flexibility index (Phi) is 23.0. The fraction of sp³-hybridized carbons (Fsp3) is 0.391. The lowest BCUT2D eigenvalue weighted by molar-refractivity contribution is -0.115. The lowest BCUT2D eigenvalue weighted by atomic mass is 10.2. The lowest BCUT2D eigenvalue weighted by Crippen LogP contribution is -1.97. The Bertz CT molecular complexity index is 593. The zero-order valence-electron chi connectivity index (χ0n) is 18.1. The minimum atomic E-state index is 0.0254. The van der Waals surface area contributed by atoms with Crippen LogP contribution in [0.5, 0.6) is 5.75 Å². The van der Waals surface area contributed by atoms with E-state index < -0.39 is 0 Å². The van der Waals surface area contributed by atoms with E-state index in [-0.39, 0.29) is 11.6 Å². The molecule has 0 saturated carbocycles. The highest BCUT2D eigenvalue weighted by atomic mass is 127. The maximum Gasteiger partial charge on any atom is 0.155 e. The molecule has 3 nitrogen and oxygen atoms in total. The van der Waals surface area contributed by atoms with E-state index in [9.17, 15) is 9.59 Å². The highest BCUT2D eigenvalue weighted by Crippen LogP contribution is 2.16. The average Bonchev–Trinajstić information content (AvgIpc) is 2.59. The van der Waals surface area contributed by atoms with Crippen LogP contribution in [0.3, 0.4) is 0 Å². The maximum atomic E-state index is 11.2. The number of carbonyl (C=O) groups is 2. The first-order chi connectivity index (χ1) is 12.7. The summed E-state index contributed by atoms with van der Waals surface area (Å²) in [6.45, 7) is 16.3. The van der Waals surface area contributed by atoms with Gasteiger partial charge in [0.15, 0.2) is 5.78 Å². The second kappa shape index (κ2) is 20.6. The predicted octanol–water partition coefficient (Wildman–Crippen LogP) is 7.04. The number of ether oxygens (including phenoxy) is 1. The van der Waals surface area contributed by atoms with Crippen LogP contribution < -0.4 is 4.74 Å². The summed E-state index contributed by atoms with van der Waals surface area (Å²) in [5.41, 5.74) is 1.82. The molecule has 4 heteroatoms. The molecule has 0 radical (unpaired) electrons. The van der Waals surface area contributed by atoms with Gasteiger partial charge in [-0.2, -0.15) is 0 Å². The van der Waals surface area contributed by atoms with Gasteiger partial charge < -0.3 is 9.53 Å². The number of alkyl halides is 1. The molecule has 0 saturated heterocycles. The fourth-order valence-corrected chi connectivity index (χ4v) is 1.29. The van der Waals surface area contributed by atoms with Gasteiger partial charge in [-0.1, -0.05) is 73.2 Å². The Morgan fingerprint density at radius 3 is 1.78 bits per heavy atom. The number of ketones is 2. The molecule has 27 heavy (non-hydrogen) atoms. The summed E-state index contributed by atoms with van der Waals surface area (Å²) in [5.74, 6) is 1.53. The van der Waals surface area contributed by atoms with Crippen LogP contribution in [-0.2, 0) is 9.59 Å². The Labute approximate surface area is 179 Å². The number of allylic oxidation sites excluding steroid dienone is 4. The van der Waals surface area contributed by atoms with Gasteiger partial charge >= 0.3 is 0 Å². The highest BCUT2D eigenvalue weighted by molar-refractivity contribution is 14.1. The molecule has 1 aromatic rings. The number of hydrogen-bond acceptors (Lipinski definition) is 3. The van der Waals surface area contributed by atoms with Gasteiger partial charge in [0.1, 0.15) is 17.3 Å². The van der Waals surface area contributed by atoms with Crippen LogP contribution in [0, 0.1) is 6.92 Å². The molecule has 0 aliphatic heterocycles. The van der Waals surface area contributed by atoms with Gasteiger partial charge in [-0.05, 0) is 69.4 Å². The van der Waals surface area contributed by atoms with Crippen LogP contribution in [0.25, 0.3) is 0 Å². The number of rotatable bonds is 5. The molecule has 0 aliphatic carbocycles. The third kappa shape index (κ3) is 22.3. The molecule has 0 unspecified atom stereocenters. The number of hydrogen-bond donors (Lipinski definition) is 0. The monoisotopic (exact) mass is 486 g/mol. The summed E-state index contributed by atoms with van der Waals surface area (Å²) < 4.78 is 5.69. The third-order valence-electron chi connectivity index (χ3n) is 2.45. The van der Waals surface area contributed by atoms with Crippen LogP contribution in [0.4, 0.5) is 0 Å². The SMILES string of the molecule is C=C/C=C(\C=C(/C)C(C)=O)Oc1ccc(C)cc1.CC(C)=O.CCC.CI. The van der Waals surface area contributed by atoms with Crippen LogP contribution in [0.1, 0.15) is 53.5 Å². The largest absolute Gasteiger partial charge is 0.457 e. The molecule has 0 bridgehead atoms. The molecule has 0 amide bonds. The Balaban J connectivity index is -0.000000541. The number of Topliss-reactive ketones (excluding diaryl/α,β-unsaturated/α-hetero) is 2. The third-order valence-corrected chi connectivity index (χ3v) is 2.45. The van der Waals surface area contributed by atoms with E-state index >= 15 is 0 Å². The molecule has 0 spiro atoms. The summed E-state index contributed by atoms with van der Waals surface area (Å²) >= 11 is 2.15. The van der Waals surface area contributed by atoms with Crippen molar-refractivity contribution in [1.82, 2.24) is 0 Å². The number of benzene rings is 1. The van der Waals surface area contributed by atoms with Gasteiger partial charge in [0, 0.05) is 0 Å². The normalized spacial score (nSPS) is 9.96. The minimum absolute atomic E-state index is 0.0254. The molecule has 0 aromatic heterocycles. The smallest absolute Gasteiger partial charge is 0.155 e. The van der Waals surface area contributed by atoms with Gasteiger partial charge in [-0.3, -0.25) is 4.79 Å². The maximum absolute atomic E-state index is 11.2. The number of aryl methyl sites for hydroxylation is 1. The fourth-order valence-electron chi connectivity index (χ4n) is 1.29. The van der Waals surface area contributed by atoms with Gasteiger partial charge in [0.25, 0.3) is 0 Å². The van der Waals surface area contributed by atoms with E-state index in [0.29, 0.717) is 11.3 Å². The zero-order chi connectivity index (χ0) is 21.8. The molecule has 0 atom stereocenters. The van der Waals surface area contributed by atoms with Crippen LogP contribution in [0.2, 0.25) is 0 Å². The van der Waals surface area contributed by atoms with Crippen molar-refractivity contribution in [3.8, 4) is 5.75 Å². The molecule has 0 N–H and O–H groups in total. The molecule has 0 heterocycles.